The molecule has 0 radical (unpaired) electrons. The van der Waals surface area contributed by atoms with Gasteiger partial charge in [-0.1, -0.05) is 6.42 Å². The summed E-state index contributed by atoms with van der Waals surface area (Å²) in [6.07, 6.45) is 3.06. The summed E-state index contributed by atoms with van der Waals surface area (Å²) < 4.78 is 11.6. The van der Waals surface area contributed by atoms with Crippen molar-refractivity contribution >= 4 is 22.0 Å². The predicted molar refractivity (Wildman–Crippen MR) is 93.3 cm³/mol. The summed E-state index contributed by atoms with van der Waals surface area (Å²) >= 11 is 3.33. The number of nitrogens with one attached hydrogen (secondary N) is 2. The first kappa shape index (κ1) is 18.3. The molecule has 0 aliphatic heterocycles. The van der Waals surface area contributed by atoms with Crippen molar-refractivity contribution in [2.45, 2.75) is 64.6 Å². The van der Waals surface area contributed by atoms with Gasteiger partial charge in [-0.2, -0.15) is 0 Å². The van der Waals surface area contributed by atoms with Crippen LogP contribution in [0.2, 0.25) is 0 Å². The zero-order chi connectivity index (χ0) is 17.0. The maximum atomic E-state index is 11.8. The van der Waals surface area contributed by atoms with Crippen LogP contribution >= 0.6 is 15.9 Å². The summed E-state index contributed by atoms with van der Waals surface area (Å²) in [5.74, 6) is 1.34. The fraction of sp³-hybridized carbons (Fsp3) is 0.706. The SMILES string of the molecule is CC(NC1CCCC1CNC(=O)OC(C)(C)C)c1ccc(Br)o1. The molecule has 0 spiro atoms. The number of halogens is 1. The number of alkyl carbamates (subject to hydrolysis) is 1. The predicted octanol–water partition coefficient (Wildman–Crippen LogP) is 4.39. The molecular weight excluding hydrogens is 360 g/mol. The van der Waals surface area contributed by atoms with E-state index in [1.807, 2.05) is 32.9 Å². The molecule has 6 heteroatoms. The van der Waals surface area contributed by atoms with Crippen molar-refractivity contribution in [2.75, 3.05) is 6.54 Å². The highest BCUT2D eigenvalue weighted by Gasteiger charge is 2.29. The van der Waals surface area contributed by atoms with E-state index < -0.39 is 5.60 Å². The van der Waals surface area contributed by atoms with Crippen molar-refractivity contribution in [3.8, 4) is 0 Å². The zero-order valence-electron chi connectivity index (χ0n) is 14.3. The van der Waals surface area contributed by atoms with E-state index in [1.54, 1.807) is 0 Å². The third-order valence-electron chi connectivity index (χ3n) is 4.05. The number of carbonyl (C=O) groups excluding carboxylic acids is 1. The Morgan fingerprint density at radius 2 is 2.17 bits per heavy atom. The van der Waals surface area contributed by atoms with E-state index in [4.69, 9.17) is 9.15 Å². The van der Waals surface area contributed by atoms with Crippen molar-refractivity contribution in [3.05, 3.63) is 22.6 Å². The van der Waals surface area contributed by atoms with Crippen LogP contribution in [0, 0.1) is 5.92 Å². The van der Waals surface area contributed by atoms with Crippen molar-refractivity contribution in [1.82, 2.24) is 10.6 Å². The Morgan fingerprint density at radius 3 is 2.78 bits per heavy atom. The largest absolute Gasteiger partial charge is 0.453 e. The molecule has 1 aliphatic carbocycles. The fourth-order valence-corrected chi connectivity index (χ4v) is 3.31. The molecule has 2 N–H and O–H groups in total. The average Bonchev–Trinajstić information content (AvgIpc) is 3.03. The molecule has 130 valence electrons. The number of furan rings is 1. The molecule has 1 aliphatic rings. The Morgan fingerprint density at radius 1 is 1.43 bits per heavy atom. The van der Waals surface area contributed by atoms with Crippen molar-refractivity contribution in [2.24, 2.45) is 5.92 Å². The molecule has 23 heavy (non-hydrogen) atoms. The van der Waals surface area contributed by atoms with Gasteiger partial charge in [-0.05, 0) is 74.5 Å². The van der Waals surface area contributed by atoms with Crippen LogP contribution in [0.5, 0.6) is 0 Å². The highest BCUT2D eigenvalue weighted by atomic mass is 79.9. The van der Waals surface area contributed by atoms with Gasteiger partial charge in [0.2, 0.25) is 0 Å². The Balaban J connectivity index is 1.82. The highest BCUT2D eigenvalue weighted by molar-refractivity contribution is 9.10. The van der Waals surface area contributed by atoms with Crippen LogP contribution in [-0.4, -0.2) is 24.3 Å². The molecule has 1 amide bonds. The summed E-state index contributed by atoms with van der Waals surface area (Å²) in [4.78, 5) is 11.8. The summed E-state index contributed by atoms with van der Waals surface area (Å²) in [5.41, 5.74) is -0.460. The molecule has 1 aromatic rings. The lowest BCUT2D eigenvalue weighted by molar-refractivity contribution is 0.0517. The first-order valence-electron chi connectivity index (χ1n) is 8.23. The van der Waals surface area contributed by atoms with Crippen LogP contribution in [-0.2, 0) is 4.74 Å². The molecule has 5 nitrogen and oxygen atoms in total. The Hall–Kier alpha value is -1.01. The van der Waals surface area contributed by atoms with Gasteiger partial charge in [0.05, 0.1) is 6.04 Å². The molecule has 0 aromatic carbocycles. The van der Waals surface area contributed by atoms with E-state index in [0.29, 0.717) is 18.5 Å². The van der Waals surface area contributed by atoms with E-state index in [-0.39, 0.29) is 12.1 Å². The second-order valence-corrected chi connectivity index (χ2v) is 7.99. The number of ether oxygens (including phenoxy) is 1. The first-order valence-corrected chi connectivity index (χ1v) is 9.02. The molecule has 1 heterocycles. The summed E-state index contributed by atoms with van der Waals surface area (Å²) in [5, 5.41) is 6.52. The van der Waals surface area contributed by atoms with Crippen molar-refractivity contribution in [3.63, 3.8) is 0 Å². The molecule has 3 atom stereocenters. The van der Waals surface area contributed by atoms with Gasteiger partial charge in [0.25, 0.3) is 0 Å². The minimum atomic E-state index is -0.460. The van der Waals surface area contributed by atoms with Gasteiger partial charge < -0.3 is 19.8 Å². The lowest BCUT2D eigenvalue weighted by Crippen LogP contribution is -2.41. The second kappa shape index (κ2) is 7.71. The third kappa shape index (κ3) is 5.84. The minimum absolute atomic E-state index is 0.147. The van der Waals surface area contributed by atoms with E-state index in [0.717, 1.165) is 23.3 Å². The van der Waals surface area contributed by atoms with Crippen LogP contribution in [0.1, 0.15) is 58.8 Å². The van der Waals surface area contributed by atoms with Gasteiger partial charge >= 0.3 is 6.09 Å². The average molecular weight is 387 g/mol. The summed E-state index contributed by atoms with van der Waals surface area (Å²) in [6.45, 7) is 8.35. The van der Waals surface area contributed by atoms with Crippen LogP contribution in [0.15, 0.2) is 21.2 Å². The smallest absolute Gasteiger partial charge is 0.407 e. The maximum Gasteiger partial charge on any atom is 0.407 e. The van der Waals surface area contributed by atoms with E-state index in [2.05, 4.69) is 33.5 Å². The second-order valence-electron chi connectivity index (χ2n) is 7.21. The quantitative estimate of drug-likeness (QED) is 0.787. The highest BCUT2D eigenvalue weighted by Crippen LogP contribution is 2.28. The molecular formula is C17H27BrN2O3. The molecule has 1 aromatic heterocycles. The van der Waals surface area contributed by atoms with Crippen LogP contribution < -0.4 is 10.6 Å². The topological polar surface area (TPSA) is 63.5 Å². The van der Waals surface area contributed by atoms with Gasteiger partial charge in [-0.15, -0.1) is 0 Å². The third-order valence-corrected chi connectivity index (χ3v) is 4.48. The fourth-order valence-electron chi connectivity index (χ4n) is 2.99. The molecule has 2 rings (SSSR count). The standard InChI is InChI=1S/C17H27BrN2O3/c1-11(14-8-9-15(18)22-14)20-13-7-5-6-12(13)10-19-16(21)23-17(2,3)4/h8-9,11-13,20H,5-7,10H2,1-4H3,(H,19,21). The van der Waals surface area contributed by atoms with Gasteiger partial charge in [0.15, 0.2) is 4.67 Å². The Labute approximate surface area is 146 Å². The molecule has 1 fully saturated rings. The van der Waals surface area contributed by atoms with Gasteiger partial charge in [-0.3, -0.25) is 0 Å². The molecule has 1 saturated carbocycles. The van der Waals surface area contributed by atoms with Gasteiger partial charge in [0, 0.05) is 12.6 Å². The minimum Gasteiger partial charge on any atom is -0.453 e. The Bertz CT molecular complexity index is 524. The molecule has 3 unspecified atom stereocenters. The lowest BCUT2D eigenvalue weighted by atomic mass is 10.0. The zero-order valence-corrected chi connectivity index (χ0v) is 15.9. The lowest BCUT2D eigenvalue weighted by Gasteiger charge is -2.25. The summed E-state index contributed by atoms with van der Waals surface area (Å²) in [7, 11) is 0. The molecule has 0 saturated heterocycles. The maximum absolute atomic E-state index is 11.8. The van der Waals surface area contributed by atoms with Crippen LogP contribution in [0.3, 0.4) is 0 Å². The van der Waals surface area contributed by atoms with Crippen LogP contribution in [0.25, 0.3) is 0 Å². The number of hydrogen-bond acceptors (Lipinski definition) is 4. The van der Waals surface area contributed by atoms with E-state index >= 15 is 0 Å². The number of hydrogen-bond donors (Lipinski definition) is 2. The monoisotopic (exact) mass is 386 g/mol. The molecule has 0 bridgehead atoms. The number of rotatable bonds is 5. The van der Waals surface area contributed by atoms with Crippen molar-refractivity contribution < 1.29 is 13.9 Å². The van der Waals surface area contributed by atoms with Gasteiger partial charge in [0.1, 0.15) is 11.4 Å². The van der Waals surface area contributed by atoms with E-state index in [1.165, 1.54) is 6.42 Å². The first-order chi connectivity index (χ1) is 10.7. The van der Waals surface area contributed by atoms with Gasteiger partial charge in [-0.25, -0.2) is 4.79 Å². The van der Waals surface area contributed by atoms with E-state index in [9.17, 15) is 4.79 Å². The summed E-state index contributed by atoms with van der Waals surface area (Å²) in [6, 6.07) is 4.41. The Kier molecular flexibility index (Phi) is 6.14. The normalized spacial score (nSPS) is 22.8. The van der Waals surface area contributed by atoms with Crippen LogP contribution in [0.4, 0.5) is 4.79 Å². The number of carbonyl (C=O) groups is 1. The van der Waals surface area contributed by atoms with Crippen molar-refractivity contribution in [1.29, 1.82) is 0 Å². The number of amides is 1.